The van der Waals surface area contributed by atoms with E-state index >= 15 is 0 Å². The first kappa shape index (κ1) is 25.5. The Kier molecular flexibility index (Phi) is 9.85. The standard InChI is InChI=1S/C20H33N5O7/c21-8-2-1-5-13(23-17(28)12-6-3-9-22-12)19(30)25-10-4-7-15(25)18(29)24-14(20(31)32)11-16(26)27/h12-15,22H,1-11,21H2,(H,23,28)(H,24,29)(H,26,27)(H,31,32). The van der Waals surface area contributed by atoms with Crippen molar-refractivity contribution in [1.29, 1.82) is 0 Å². The molecule has 2 heterocycles. The number of carboxylic acid groups (broad SMARTS) is 2. The number of carbonyl (C=O) groups excluding carboxylic acids is 3. The SMILES string of the molecule is NCCCCC(NC(=O)C1CCCN1)C(=O)N1CCCC1C(=O)NC(CC(=O)O)C(=O)O. The second-order valence-electron chi connectivity index (χ2n) is 8.18. The molecule has 2 rings (SSSR count). The predicted molar refractivity (Wildman–Crippen MR) is 112 cm³/mol. The summed E-state index contributed by atoms with van der Waals surface area (Å²) in [5, 5.41) is 26.2. The molecule has 2 aliphatic heterocycles. The van der Waals surface area contributed by atoms with Crippen molar-refractivity contribution in [1.82, 2.24) is 20.9 Å². The van der Waals surface area contributed by atoms with Gasteiger partial charge in [0.15, 0.2) is 0 Å². The van der Waals surface area contributed by atoms with Crippen molar-refractivity contribution in [2.24, 2.45) is 5.73 Å². The smallest absolute Gasteiger partial charge is 0.326 e. The maximum absolute atomic E-state index is 13.3. The van der Waals surface area contributed by atoms with Gasteiger partial charge in [-0.1, -0.05) is 0 Å². The van der Waals surface area contributed by atoms with Crippen molar-refractivity contribution < 1.29 is 34.2 Å². The van der Waals surface area contributed by atoms with Gasteiger partial charge in [0.1, 0.15) is 18.1 Å². The molecule has 0 saturated carbocycles. The van der Waals surface area contributed by atoms with Crippen LogP contribution in [-0.4, -0.2) is 88.6 Å². The number of amides is 3. The first-order chi connectivity index (χ1) is 15.2. The quantitative estimate of drug-likeness (QED) is 0.188. The zero-order chi connectivity index (χ0) is 23.7. The predicted octanol–water partition coefficient (Wildman–Crippen LogP) is -1.61. The monoisotopic (exact) mass is 455 g/mol. The minimum Gasteiger partial charge on any atom is -0.481 e. The van der Waals surface area contributed by atoms with Gasteiger partial charge in [-0.05, 0) is 58.0 Å². The third kappa shape index (κ3) is 7.16. The van der Waals surface area contributed by atoms with Crippen LogP contribution in [0.4, 0.5) is 0 Å². The molecule has 0 aromatic heterocycles. The lowest BCUT2D eigenvalue weighted by Crippen LogP contribution is -2.56. The highest BCUT2D eigenvalue weighted by molar-refractivity contribution is 5.95. The maximum Gasteiger partial charge on any atom is 0.326 e. The summed E-state index contributed by atoms with van der Waals surface area (Å²) >= 11 is 0. The second-order valence-corrected chi connectivity index (χ2v) is 8.18. The van der Waals surface area contributed by atoms with E-state index in [1.165, 1.54) is 4.90 Å². The number of nitrogens with zero attached hydrogens (tertiary/aromatic N) is 1. The topological polar surface area (TPSA) is 191 Å². The zero-order valence-electron chi connectivity index (χ0n) is 18.0. The lowest BCUT2D eigenvalue weighted by Gasteiger charge is -2.30. The Hall–Kier alpha value is -2.73. The summed E-state index contributed by atoms with van der Waals surface area (Å²) in [4.78, 5) is 62.1. The number of unbranched alkanes of at least 4 members (excludes halogenated alkanes) is 1. The van der Waals surface area contributed by atoms with E-state index < -0.39 is 48.3 Å². The number of rotatable bonds is 12. The lowest BCUT2D eigenvalue weighted by atomic mass is 10.1. The molecular formula is C20H33N5O7. The molecule has 12 heteroatoms. The highest BCUT2D eigenvalue weighted by Gasteiger charge is 2.39. The van der Waals surface area contributed by atoms with E-state index in [2.05, 4.69) is 16.0 Å². The fraction of sp³-hybridized carbons (Fsp3) is 0.750. The van der Waals surface area contributed by atoms with Gasteiger partial charge in [0.2, 0.25) is 17.7 Å². The van der Waals surface area contributed by atoms with Crippen LogP contribution in [0.3, 0.4) is 0 Å². The van der Waals surface area contributed by atoms with Crippen LogP contribution in [0, 0.1) is 0 Å². The number of nitrogens with one attached hydrogen (secondary N) is 3. The molecule has 0 spiro atoms. The second kappa shape index (κ2) is 12.3. The van der Waals surface area contributed by atoms with Gasteiger partial charge in [-0.3, -0.25) is 19.2 Å². The van der Waals surface area contributed by atoms with E-state index in [4.69, 9.17) is 10.8 Å². The van der Waals surface area contributed by atoms with Gasteiger partial charge >= 0.3 is 11.9 Å². The minimum absolute atomic E-state index is 0.263. The van der Waals surface area contributed by atoms with Gasteiger partial charge in [-0.25, -0.2) is 4.79 Å². The minimum atomic E-state index is -1.59. The van der Waals surface area contributed by atoms with Crippen molar-refractivity contribution in [3.05, 3.63) is 0 Å². The summed E-state index contributed by atoms with van der Waals surface area (Å²) in [5.74, 6) is -4.21. The number of hydrogen-bond acceptors (Lipinski definition) is 7. The van der Waals surface area contributed by atoms with E-state index in [1.807, 2.05) is 0 Å². The van der Waals surface area contributed by atoms with E-state index in [0.29, 0.717) is 51.6 Å². The average Bonchev–Trinajstić information content (AvgIpc) is 3.43. The molecule has 0 aromatic rings. The van der Waals surface area contributed by atoms with Gasteiger partial charge in [0.25, 0.3) is 0 Å². The normalized spacial score (nSPS) is 22.2. The van der Waals surface area contributed by atoms with Crippen LogP contribution in [-0.2, 0) is 24.0 Å². The molecule has 32 heavy (non-hydrogen) atoms. The molecule has 12 nitrogen and oxygen atoms in total. The Morgan fingerprint density at radius 1 is 1.00 bits per heavy atom. The first-order valence-electron chi connectivity index (χ1n) is 11.0. The Bertz CT molecular complexity index is 710. The Balaban J connectivity index is 2.08. The van der Waals surface area contributed by atoms with Crippen molar-refractivity contribution in [3.8, 4) is 0 Å². The van der Waals surface area contributed by atoms with Gasteiger partial charge in [0.05, 0.1) is 12.5 Å². The number of likely N-dealkylation sites (tertiary alicyclic amines) is 1. The number of carbonyl (C=O) groups is 5. The number of aliphatic carboxylic acids is 2. The van der Waals surface area contributed by atoms with Crippen LogP contribution in [0.1, 0.15) is 51.4 Å². The fourth-order valence-electron chi connectivity index (χ4n) is 4.08. The molecule has 0 bridgehead atoms. The molecule has 2 aliphatic rings. The van der Waals surface area contributed by atoms with Gasteiger partial charge in [-0.2, -0.15) is 0 Å². The molecule has 0 aliphatic carbocycles. The molecule has 4 unspecified atom stereocenters. The van der Waals surface area contributed by atoms with E-state index in [9.17, 15) is 29.1 Å². The van der Waals surface area contributed by atoms with Crippen molar-refractivity contribution >= 4 is 29.7 Å². The molecule has 4 atom stereocenters. The largest absolute Gasteiger partial charge is 0.481 e. The first-order valence-corrected chi connectivity index (χ1v) is 11.0. The van der Waals surface area contributed by atoms with Gasteiger partial charge in [0, 0.05) is 6.54 Å². The molecule has 180 valence electrons. The van der Waals surface area contributed by atoms with Crippen molar-refractivity contribution in [3.63, 3.8) is 0 Å². The summed E-state index contributed by atoms with van der Waals surface area (Å²) < 4.78 is 0. The van der Waals surface area contributed by atoms with Crippen LogP contribution in [0.25, 0.3) is 0 Å². The molecule has 0 radical (unpaired) electrons. The van der Waals surface area contributed by atoms with Crippen molar-refractivity contribution in [2.75, 3.05) is 19.6 Å². The van der Waals surface area contributed by atoms with E-state index in [0.717, 1.165) is 13.0 Å². The molecule has 7 N–H and O–H groups in total. The Labute approximate surface area is 186 Å². The van der Waals surface area contributed by atoms with Crippen LogP contribution >= 0.6 is 0 Å². The van der Waals surface area contributed by atoms with Crippen LogP contribution in [0.15, 0.2) is 0 Å². The summed E-state index contributed by atoms with van der Waals surface area (Å²) in [7, 11) is 0. The summed E-state index contributed by atoms with van der Waals surface area (Å²) in [6.45, 7) is 1.48. The highest BCUT2D eigenvalue weighted by atomic mass is 16.4. The number of nitrogens with two attached hydrogens (primary N) is 1. The maximum atomic E-state index is 13.3. The summed E-state index contributed by atoms with van der Waals surface area (Å²) in [6, 6.07) is -3.69. The Morgan fingerprint density at radius 2 is 1.72 bits per heavy atom. The van der Waals surface area contributed by atoms with Gasteiger partial charge in [-0.15, -0.1) is 0 Å². The summed E-state index contributed by atoms with van der Waals surface area (Å²) in [6.07, 6.45) is 3.32. The lowest BCUT2D eigenvalue weighted by molar-refractivity contribution is -0.148. The van der Waals surface area contributed by atoms with Crippen LogP contribution in [0.2, 0.25) is 0 Å². The van der Waals surface area contributed by atoms with Crippen LogP contribution < -0.4 is 21.7 Å². The number of hydrogen-bond donors (Lipinski definition) is 6. The molecule has 2 saturated heterocycles. The molecular weight excluding hydrogens is 422 g/mol. The number of carboxylic acids is 2. The van der Waals surface area contributed by atoms with Crippen LogP contribution in [0.5, 0.6) is 0 Å². The molecule has 2 fully saturated rings. The molecule has 3 amide bonds. The van der Waals surface area contributed by atoms with E-state index in [1.54, 1.807) is 0 Å². The highest BCUT2D eigenvalue weighted by Crippen LogP contribution is 2.20. The molecule has 0 aromatic carbocycles. The third-order valence-corrected chi connectivity index (χ3v) is 5.77. The Morgan fingerprint density at radius 3 is 2.31 bits per heavy atom. The fourth-order valence-corrected chi connectivity index (χ4v) is 4.08. The zero-order valence-corrected chi connectivity index (χ0v) is 18.0. The van der Waals surface area contributed by atoms with Crippen molar-refractivity contribution in [2.45, 2.75) is 75.5 Å². The van der Waals surface area contributed by atoms with E-state index in [-0.39, 0.29) is 11.9 Å². The average molecular weight is 456 g/mol. The van der Waals surface area contributed by atoms with Gasteiger partial charge < -0.3 is 36.8 Å². The third-order valence-electron chi connectivity index (χ3n) is 5.77. The summed E-state index contributed by atoms with van der Waals surface area (Å²) in [5.41, 5.74) is 5.55.